The third-order valence-corrected chi connectivity index (χ3v) is 2.77. The van der Waals surface area contributed by atoms with Gasteiger partial charge in [-0.3, -0.25) is 4.79 Å². The maximum absolute atomic E-state index is 13.4. The molecular weight excluding hydrogens is 266 g/mol. The summed E-state index contributed by atoms with van der Waals surface area (Å²) in [5, 5.41) is 5.07. The Labute approximate surface area is 107 Å². The first-order valence-electron chi connectivity index (χ1n) is 5.35. The van der Waals surface area contributed by atoms with Gasteiger partial charge in [-0.15, -0.1) is 0 Å². The lowest BCUT2D eigenvalue weighted by atomic mass is 10.2. The summed E-state index contributed by atoms with van der Waals surface area (Å²) in [5.41, 5.74) is -0.239. The summed E-state index contributed by atoms with van der Waals surface area (Å²) in [4.78, 5) is 11.8. The van der Waals surface area contributed by atoms with Crippen LogP contribution in [-0.2, 0) is 9.53 Å². The third kappa shape index (κ3) is 2.95. The smallest absolute Gasteiger partial charge is 0.254 e. The lowest BCUT2D eigenvalue weighted by molar-refractivity contribution is -0.128. The molecule has 98 valence electrons. The number of halogens is 3. The molecule has 1 fully saturated rings. The largest absolute Gasteiger partial charge is 0.366 e. The number of amides is 1. The molecule has 1 saturated heterocycles. The van der Waals surface area contributed by atoms with Crippen molar-refractivity contribution < 1.29 is 18.3 Å². The fourth-order valence-electron chi connectivity index (χ4n) is 1.60. The number of rotatable bonds is 2. The second kappa shape index (κ2) is 5.60. The van der Waals surface area contributed by atoms with Crippen molar-refractivity contribution in [2.75, 3.05) is 25.0 Å². The van der Waals surface area contributed by atoms with Crippen LogP contribution in [0.25, 0.3) is 0 Å². The summed E-state index contributed by atoms with van der Waals surface area (Å²) in [7, 11) is 0. The zero-order chi connectivity index (χ0) is 13.1. The zero-order valence-corrected chi connectivity index (χ0v) is 10.1. The van der Waals surface area contributed by atoms with Crippen molar-refractivity contribution in [3.8, 4) is 0 Å². The first kappa shape index (κ1) is 13.2. The van der Waals surface area contributed by atoms with Crippen LogP contribution < -0.4 is 10.6 Å². The van der Waals surface area contributed by atoms with E-state index in [0.717, 1.165) is 6.07 Å². The summed E-state index contributed by atoms with van der Waals surface area (Å²) in [5.74, 6) is -2.24. The van der Waals surface area contributed by atoms with Gasteiger partial charge in [-0.2, -0.15) is 0 Å². The molecule has 1 atom stereocenters. The number of hydrogen-bond donors (Lipinski definition) is 2. The molecule has 0 radical (unpaired) electrons. The van der Waals surface area contributed by atoms with Gasteiger partial charge in [-0.05, 0) is 6.07 Å². The van der Waals surface area contributed by atoms with Crippen molar-refractivity contribution in [2.45, 2.75) is 6.10 Å². The standard InChI is InChI=1S/C11H11ClF2N2O2/c12-7-3-6(13)4-8(14)10(7)16-11(17)9-5-15-1-2-18-9/h3-4,9,15H,1-2,5H2,(H,16,17). The van der Waals surface area contributed by atoms with Crippen LogP contribution in [-0.4, -0.2) is 31.7 Å². The lowest BCUT2D eigenvalue weighted by Crippen LogP contribution is -2.45. The van der Waals surface area contributed by atoms with Crippen LogP contribution in [0.5, 0.6) is 0 Å². The van der Waals surface area contributed by atoms with Crippen molar-refractivity contribution in [1.82, 2.24) is 5.32 Å². The van der Waals surface area contributed by atoms with Crippen LogP contribution in [0.4, 0.5) is 14.5 Å². The summed E-state index contributed by atoms with van der Waals surface area (Å²) in [6, 6.07) is 1.59. The molecule has 1 heterocycles. The Bertz CT molecular complexity index is 441. The Balaban J connectivity index is 2.11. The highest BCUT2D eigenvalue weighted by molar-refractivity contribution is 6.33. The minimum atomic E-state index is -0.919. The first-order chi connectivity index (χ1) is 8.58. The number of morpholine rings is 1. The minimum Gasteiger partial charge on any atom is -0.366 e. The number of carbonyl (C=O) groups excluding carboxylic acids is 1. The Morgan fingerprint density at radius 3 is 2.89 bits per heavy atom. The third-order valence-electron chi connectivity index (χ3n) is 2.48. The Kier molecular flexibility index (Phi) is 4.11. The van der Waals surface area contributed by atoms with Crippen molar-refractivity contribution in [2.24, 2.45) is 0 Å². The summed E-state index contributed by atoms with van der Waals surface area (Å²) in [6.45, 7) is 1.40. The van der Waals surface area contributed by atoms with Gasteiger partial charge in [0.25, 0.3) is 5.91 Å². The number of ether oxygens (including phenoxy) is 1. The molecule has 0 saturated carbocycles. The maximum Gasteiger partial charge on any atom is 0.254 e. The average Bonchev–Trinajstić information content (AvgIpc) is 2.34. The van der Waals surface area contributed by atoms with E-state index < -0.39 is 23.6 Å². The molecule has 1 unspecified atom stereocenters. The summed E-state index contributed by atoms with van der Waals surface area (Å²) >= 11 is 5.67. The van der Waals surface area contributed by atoms with E-state index in [0.29, 0.717) is 25.8 Å². The molecule has 1 aliphatic rings. The van der Waals surface area contributed by atoms with E-state index in [2.05, 4.69) is 10.6 Å². The SMILES string of the molecule is O=C(Nc1c(F)cc(F)cc1Cl)C1CNCCO1. The second-order valence-electron chi connectivity index (χ2n) is 3.80. The van der Waals surface area contributed by atoms with Crippen molar-refractivity contribution in [3.63, 3.8) is 0 Å². The second-order valence-corrected chi connectivity index (χ2v) is 4.20. The van der Waals surface area contributed by atoms with Gasteiger partial charge in [0, 0.05) is 19.2 Å². The maximum atomic E-state index is 13.4. The van der Waals surface area contributed by atoms with Crippen molar-refractivity contribution in [1.29, 1.82) is 0 Å². The normalized spacial score (nSPS) is 19.6. The molecule has 18 heavy (non-hydrogen) atoms. The van der Waals surface area contributed by atoms with Crippen LogP contribution in [0.1, 0.15) is 0 Å². The molecular formula is C11H11ClF2N2O2. The van der Waals surface area contributed by atoms with Crippen LogP contribution in [0, 0.1) is 11.6 Å². The Morgan fingerprint density at radius 2 is 2.28 bits per heavy atom. The Morgan fingerprint density at radius 1 is 1.50 bits per heavy atom. The number of benzene rings is 1. The molecule has 1 aliphatic heterocycles. The van der Waals surface area contributed by atoms with Crippen LogP contribution in [0.2, 0.25) is 5.02 Å². The summed E-state index contributed by atoms with van der Waals surface area (Å²) in [6.07, 6.45) is -0.709. The Hall–Kier alpha value is -1.24. The molecule has 4 nitrogen and oxygen atoms in total. The fraction of sp³-hybridized carbons (Fsp3) is 0.364. The van der Waals surface area contributed by atoms with E-state index in [1.165, 1.54) is 0 Å². The molecule has 0 bridgehead atoms. The number of anilines is 1. The van der Waals surface area contributed by atoms with Gasteiger partial charge >= 0.3 is 0 Å². The highest BCUT2D eigenvalue weighted by Crippen LogP contribution is 2.26. The van der Waals surface area contributed by atoms with Gasteiger partial charge < -0.3 is 15.4 Å². The van der Waals surface area contributed by atoms with E-state index >= 15 is 0 Å². The van der Waals surface area contributed by atoms with Gasteiger partial charge in [-0.1, -0.05) is 11.6 Å². The predicted octanol–water partition coefficient (Wildman–Crippen LogP) is 1.55. The fourth-order valence-corrected chi connectivity index (χ4v) is 1.84. The molecule has 1 aromatic rings. The van der Waals surface area contributed by atoms with Gasteiger partial charge in [0.1, 0.15) is 11.9 Å². The average molecular weight is 277 g/mol. The van der Waals surface area contributed by atoms with E-state index in [-0.39, 0.29) is 10.7 Å². The van der Waals surface area contributed by atoms with Crippen molar-refractivity contribution in [3.05, 3.63) is 28.8 Å². The lowest BCUT2D eigenvalue weighted by Gasteiger charge is -2.23. The number of nitrogens with one attached hydrogen (secondary N) is 2. The van der Waals surface area contributed by atoms with Crippen molar-refractivity contribution >= 4 is 23.2 Å². The topological polar surface area (TPSA) is 50.4 Å². The zero-order valence-electron chi connectivity index (χ0n) is 9.30. The molecule has 0 aromatic heterocycles. The van der Waals surface area contributed by atoms with Crippen LogP contribution in [0.3, 0.4) is 0 Å². The molecule has 7 heteroatoms. The van der Waals surface area contributed by atoms with Crippen LogP contribution >= 0.6 is 11.6 Å². The first-order valence-corrected chi connectivity index (χ1v) is 5.73. The summed E-state index contributed by atoms with van der Waals surface area (Å²) < 4.78 is 31.5. The van der Waals surface area contributed by atoms with Gasteiger partial charge in [0.2, 0.25) is 0 Å². The van der Waals surface area contributed by atoms with Crippen LogP contribution in [0.15, 0.2) is 12.1 Å². The van der Waals surface area contributed by atoms with Gasteiger partial charge in [0.05, 0.1) is 17.3 Å². The molecule has 1 aromatic carbocycles. The van der Waals surface area contributed by atoms with Gasteiger partial charge in [0.15, 0.2) is 5.82 Å². The quantitative estimate of drug-likeness (QED) is 0.862. The highest BCUT2D eigenvalue weighted by Gasteiger charge is 2.23. The van der Waals surface area contributed by atoms with E-state index in [4.69, 9.17) is 16.3 Å². The molecule has 2 rings (SSSR count). The molecule has 0 spiro atoms. The predicted molar refractivity (Wildman–Crippen MR) is 62.6 cm³/mol. The van der Waals surface area contributed by atoms with E-state index in [1.54, 1.807) is 0 Å². The molecule has 0 aliphatic carbocycles. The molecule has 2 N–H and O–H groups in total. The van der Waals surface area contributed by atoms with Gasteiger partial charge in [-0.25, -0.2) is 8.78 Å². The monoisotopic (exact) mass is 276 g/mol. The molecule has 1 amide bonds. The van der Waals surface area contributed by atoms with E-state index in [1.807, 2.05) is 0 Å². The van der Waals surface area contributed by atoms with E-state index in [9.17, 15) is 13.6 Å². The number of carbonyl (C=O) groups is 1. The minimum absolute atomic E-state index is 0.190. The highest BCUT2D eigenvalue weighted by atomic mass is 35.5. The number of hydrogen-bond acceptors (Lipinski definition) is 3.